The summed E-state index contributed by atoms with van der Waals surface area (Å²) in [6, 6.07) is -11.4. The summed E-state index contributed by atoms with van der Waals surface area (Å²) in [7, 11) is 0. The van der Waals surface area contributed by atoms with E-state index in [-0.39, 0.29) is 63.0 Å². The van der Waals surface area contributed by atoms with Gasteiger partial charge in [0.1, 0.15) is 54.4 Å². The maximum absolute atomic E-state index is 14.1. The Morgan fingerprint density at radius 3 is 1.63 bits per heavy atom. The molecule has 8 amide bonds. The molecule has 1 aliphatic rings. The molecule has 0 aromatic carbocycles. The standard InChI is InChI=1S/C43H78N12O12/c1-11-22(6)32(41(65)55-17-13-15-30(55)38(62)49-24(8)42(66)67)53-40(64)33(26(10)57)54-35(59)27(14-12-16-47-43(45)46)50-36(60)29(19-21(4)5)52-37(61)28(18-20(2)3)51-34(58)23(7)48-39(63)31(44)25(9)56/h20-33,56-57H,11-19,44H2,1-10H3,(H,48,63)(H,49,62)(H,50,60)(H,51,58)(H,52,61)(H,53,64)(H,54,59)(H,66,67)(H4,45,46,47). The number of aliphatic hydroxyl groups is 2. The molecule has 0 aliphatic carbocycles. The van der Waals surface area contributed by atoms with Crippen LogP contribution in [0.4, 0.5) is 0 Å². The molecule has 0 radical (unpaired) electrons. The number of guanidine groups is 1. The van der Waals surface area contributed by atoms with Crippen molar-refractivity contribution in [2.75, 3.05) is 13.1 Å². The van der Waals surface area contributed by atoms with Gasteiger partial charge in [0, 0.05) is 13.1 Å². The lowest BCUT2D eigenvalue weighted by molar-refractivity contribution is -0.145. The highest BCUT2D eigenvalue weighted by molar-refractivity contribution is 5.98. The van der Waals surface area contributed by atoms with Gasteiger partial charge in [-0.25, -0.2) is 0 Å². The van der Waals surface area contributed by atoms with Crippen molar-refractivity contribution in [3.05, 3.63) is 0 Å². The van der Waals surface area contributed by atoms with E-state index < -0.39 is 126 Å². The fraction of sp³-hybridized carbons (Fsp3) is 0.767. The van der Waals surface area contributed by atoms with Crippen molar-refractivity contribution in [3.63, 3.8) is 0 Å². The number of nitrogens with one attached hydrogen (secondary N) is 7. The van der Waals surface area contributed by atoms with E-state index in [1.807, 2.05) is 13.8 Å². The van der Waals surface area contributed by atoms with E-state index in [9.17, 15) is 58.5 Å². The molecule has 24 heteroatoms. The highest BCUT2D eigenvalue weighted by atomic mass is 16.4. The summed E-state index contributed by atoms with van der Waals surface area (Å²) >= 11 is 0. The van der Waals surface area contributed by atoms with Gasteiger partial charge in [-0.05, 0) is 84.0 Å². The maximum Gasteiger partial charge on any atom is 0.325 e. The molecular weight excluding hydrogens is 877 g/mol. The van der Waals surface area contributed by atoms with Gasteiger partial charge in [-0.1, -0.05) is 48.0 Å². The summed E-state index contributed by atoms with van der Waals surface area (Å²) in [6.07, 6.45) is -1.39. The molecule has 12 atom stereocenters. The number of carbonyl (C=O) groups excluding carboxylic acids is 8. The lowest BCUT2D eigenvalue weighted by Crippen LogP contribution is -2.62. The van der Waals surface area contributed by atoms with E-state index in [0.29, 0.717) is 12.8 Å². The Kier molecular flexibility index (Phi) is 25.3. The molecule has 1 saturated heterocycles. The number of rotatable bonds is 28. The van der Waals surface area contributed by atoms with Crippen LogP contribution in [0, 0.1) is 17.8 Å². The molecule has 0 bridgehead atoms. The molecule has 16 N–H and O–H groups in total. The number of aliphatic carboxylic acids is 1. The van der Waals surface area contributed by atoms with E-state index in [1.54, 1.807) is 27.7 Å². The summed E-state index contributed by atoms with van der Waals surface area (Å²) in [5.74, 6) is -8.49. The van der Waals surface area contributed by atoms with E-state index in [0.717, 1.165) is 0 Å². The van der Waals surface area contributed by atoms with Crippen LogP contribution in [0.3, 0.4) is 0 Å². The lowest BCUT2D eigenvalue weighted by Gasteiger charge is -2.33. The number of hydrogen-bond donors (Lipinski definition) is 13. The second kappa shape index (κ2) is 28.5. The number of nitrogens with zero attached hydrogens (tertiary/aromatic N) is 2. The predicted octanol–water partition coefficient (Wildman–Crippen LogP) is -3.22. The lowest BCUT2D eigenvalue weighted by atomic mass is 9.96. The van der Waals surface area contributed by atoms with Gasteiger partial charge in [0.05, 0.1) is 12.2 Å². The van der Waals surface area contributed by atoms with Gasteiger partial charge in [-0.15, -0.1) is 0 Å². The van der Waals surface area contributed by atoms with Crippen molar-refractivity contribution in [1.29, 1.82) is 0 Å². The van der Waals surface area contributed by atoms with Crippen LogP contribution in [0.1, 0.15) is 114 Å². The second-order valence-corrected chi connectivity index (χ2v) is 18.2. The normalized spacial score (nSPS) is 18.6. The number of aliphatic hydroxyl groups excluding tert-OH is 2. The van der Waals surface area contributed by atoms with Crippen LogP contribution in [-0.2, 0) is 43.2 Å². The molecule has 1 fully saturated rings. The molecule has 0 spiro atoms. The summed E-state index contributed by atoms with van der Waals surface area (Å²) in [5.41, 5.74) is 16.7. The van der Waals surface area contributed by atoms with Crippen LogP contribution in [0.15, 0.2) is 4.99 Å². The third kappa shape index (κ3) is 20.0. The average molecular weight is 955 g/mol. The first-order valence-electron chi connectivity index (χ1n) is 23.0. The van der Waals surface area contributed by atoms with Crippen molar-refractivity contribution in [1.82, 2.24) is 42.1 Å². The zero-order chi connectivity index (χ0) is 51.5. The van der Waals surface area contributed by atoms with E-state index in [2.05, 4.69) is 42.2 Å². The van der Waals surface area contributed by atoms with Crippen LogP contribution in [0.25, 0.3) is 0 Å². The fourth-order valence-electron chi connectivity index (χ4n) is 7.05. The number of carbonyl (C=O) groups is 9. The number of nitrogens with two attached hydrogens (primary N) is 3. The minimum Gasteiger partial charge on any atom is -0.480 e. The topological polar surface area (TPSA) is 392 Å². The van der Waals surface area contributed by atoms with Crippen molar-refractivity contribution >= 4 is 59.2 Å². The van der Waals surface area contributed by atoms with Gasteiger partial charge in [0.2, 0.25) is 47.3 Å². The Bertz CT molecular complexity index is 1740. The highest BCUT2D eigenvalue weighted by Crippen LogP contribution is 2.22. The zero-order valence-corrected chi connectivity index (χ0v) is 40.6. The molecule has 1 aliphatic heterocycles. The first kappa shape index (κ1) is 59.4. The van der Waals surface area contributed by atoms with Gasteiger partial charge in [0.15, 0.2) is 5.96 Å². The molecule has 0 aromatic rings. The SMILES string of the molecule is CCC(C)C(NC(=O)C(NC(=O)C(CCCN=C(N)N)NC(=O)C(CC(C)C)NC(=O)C(CC(C)C)NC(=O)C(C)NC(=O)C(N)C(C)O)C(C)O)C(=O)N1CCCC1C(=O)NC(C)C(=O)O. The monoisotopic (exact) mass is 955 g/mol. The van der Waals surface area contributed by atoms with Gasteiger partial charge in [0.25, 0.3) is 0 Å². The van der Waals surface area contributed by atoms with E-state index >= 15 is 0 Å². The van der Waals surface area contributed by atoms with Crippen LogP contribution in [0.2, 0.25) is 0 Å². The number of hydrogen-bond acceptors (Lipinski definition) is 13. The Morgan fingerprint density at radius 1 is 0.642 bits per heavy atom. The Labute approximate surface area is 392 Å². The summed E-state index contributed by atoms with van der Waals surface area (Å²) < 4.78 is 0. The van der Waals surface area contributed by atoms with Crippen molar-refractivity contribution in [2.45, 2.75) is 181 Å². The summed E-state index contributed by atoms with van der Waals surface area (Å²) in [5, 5.41) is 47.7. The Hall–Kier alpha value is -5.62. The third-order valence-electron chi connectivity index (χ3n) is 11.2. The summed E-state index contributed by atoms with van der Waals surface area (Å²) in [6.45, 7) is 16.1. The smallest absolute Gasteiger partial charge is 0.325 e. The molecule has 0 aromatic heterocycles. The van der Waals surface area contributed by atoms with Gasteiger partial charge in [-0.3, -0.25) is 48.1 Å². The quantitative estimate of drug-likeness (QED) is 0.0208. The molecular formula is C43H78N12O12. The van der Waals surface area contributed by atoms with Crippen LogP contribution in [-0.4, -0.2) is 159 Å². The van der Waals surface area contributed by atoms with Gasteiger partial charge in [-0.2, -0.15) is 0 Å². The highest BCUT2D eigenvalue weighted by Gasteiger charge is 2.41. The predicted molar refractivity (Wildman–Crippen MR) is 247 cm³/mol. The van der Waals surface area contributed by atoms with Crippen LogP contribution >= 0.6 is 0 Å². The Morgan fingerprint density at radius 2 is 1.15 bits per heavy atom. The number of aliphatic imine (C=N–C) groups is 1. The number of carboxylic acid groups (broad SMARTS) is 1. The average Bonchev–Trinajstić information content (AvgIpc) is 3.74. The third-order valence-corrected chi connectivity index (χ3v) is 11.2. The van der Waals surface area contributed by atoms with E-state index in [4.69, 9.17) is 17.2 Å². The summed E-state index contributed by atoms with van der Waals surface area (Å²) in [4.78, 5) is 125. The van der Waals surface area contributed by atoms with Crippen molar-refractivity contribution in [3.8, 4) is 0 Å². The first-order chi connectivity index (χ1) is 31.1. The number of amides is 8. The molecule has 1 heterocycles. The Balaban J connectivity index is 3.43. The van der Waals surface area contributed by atoms with Gasteiger partial charge < -0.3 is 74.6 Å². The second-order valence-electron chi connectivity index (χ2n) is 18.2. The molecule has 0 saturated carbocycles. The zero-order valence-electron chi connectivity index (χ0n) is 40.6. The van der Waals surface area contributed by atoms with Crippen LogP contribution in [0.5, 0.6) is 0 Å². The molecule has 24 nitrogen and oxygen atoms in total. The minimum absolute atomic E-state index is 0.0400. The molecule has 382 valence electrons. The van der Waals surface area contributed by atoms with Crippen molar-refractivity contribution < 1.29 is 58.5 Å². The van der Waals surface area contributed by atoms with Gasteiger partial charge >= 0.3 is 5.97 Å². The van der Waals surface area contributed by atoms with Crippen LogP contribution < -0.4 is 54.4 Å². The fourth-order valence-corrected chi connectivity index (χ4v) is 7.05. The van der Waals surface area contributed by atoms with Crippen molar-refractivity contribution in [2.24, 2.45) is 39.9 Å². The first-order valence-corrected chi connectivity index (χ1v) is 23.0. The molecule has 12 unspecified atom stereocenters. The number of carboxylic acids is 1. The largest absolute Gasteiger partial charge is 0.480 e. The minimum atomic E-state index is -1.67. The molecule has 67 heavy (non-hydrogen) atoms. The maximum atomic E-state index is 14.1. The van der Waals surface area contributed by atoms with E-state index in [1.165, 1.54) is 32.6 Å². The molecule has 1 rings (SSSR count). The number of likely N-dealkylation sites (tertiary alicyclic amines) is 1.